The van der Waals surface area contributed by atoms with Gasteiger partial charge in [-0.2, -0.15) is 0 Å². The SMILES string of the molecule is CC1CCC(C(Br)Cc2ncc[nH]2)O1. The highest BCUT2D eigenvalue weighted by Gasteiger charge is 2.28. The molecule has 0 spiro atoms. The molecule has 0 bridgehead atoms. The molecule has 0 aromatic carbocycles. The van der Waals surface area contributed by atoms with E-state index in [1.807, 2.05) is 6.20 Å². The summed E-state index contributed by atoms with van der Waals surface area (Å²) in [5.74, 6) is 1.02. The molecule has 78 valence electrons. The number of ether oxygens (including phenoxy) is 1. The fraction of sp³-hybridized carbons (Fsp3) is 0.700. The second kappa shape index (κ2) is 4.45. The van der Waals surface area contributed by atoms with Crippen LogP contribution in [0.2, 0.25) is 0 Å². The monoisotopic (exact) mass is 258 g/mol. The first kappa shape index (κ1) is 10.2. The van der Waals surface area contributed by atoms with E-state index < -0.39 is 0 Å². The van der Waals surface area contributed by atoms with Gasteiger partial charge in [-0.3, -0.25) is 0 Å². The van der Waals surface area contributed by atoms with Crippen molar-refractivity contribution in [2.75, 3.05) is 0 Å². The smallest absolute Gasteiger partial charge is 0.107 e. The fourth-order valence-corrected chi connectivity index (χ4v) is 2.52. The molecule has 4 heteroatoms. The van der Waals surface area contributed by atoms with E-state index in [2.05, 4.69) is 32.8 Å². The van der Waals surface area contributed by atoms with E-state index in [0.29, 0.717) is 17.0 Å². The molecule has 3 atom stereocenters. The molecule has 0 saturated carbocycles. The summed E-state index contributed by atoms with van der Waals surface area (Å²) < 4.78 is 5.78. The number of rotatable bonds is 3. The number of hydrogen-bond donors (Lipinski definition) is 1. The van der Waals surface area contributed by atoms with Crippen molar-refractivity contribution in [1.29, 1.82) is 0 Å². The maximum atomic E-state index is 5.78. The van der Waals surface area contributed by atoms with Gasteiger partial charge in [0.25, 0.3) is 0 Å². The Labute approximate surface area is 92.4 Å². The summed E-state index contributed by atoms with van der Waals surface area (Å²) in [7, 11) is 0. The summed E-state index contributed by atoms with van der Waals surface area (Å²) in [6, 6.07) is 0. The van der Waals surface area contributed by atoms with E-state index in [1.54, 1.807) is 6.20 Å². The third-order valence-corrected chi connectivity index (χ3v) is 3.52. The standard InChI is InChI=1S/C10H15BrN2O/c1-7-2-3-9(14-7)8(11)6-10-12-4-5-13-10/h4-5,7-9H,2-3,6H2,1H3,(H,12,13). The Morgan fingerprint density at radius 1 is 1.71 bits per heavy atom. The third kappa shape index (κ3) is 2.36. The first-order valence-corrected chi connectivity index (χ1v) is 5.95. The molecule has 1 aliphatic heterocycles. The minimum absolute atomic E-state index is 0.343. The van der Waals surface area contributed by atoms with Crippen molar-refractivity contribution in [1.82, 2.24) is 9.97 Å². The van der Waals surface area contributed by atoms with Crippen molar-refractivity contribution in [2.24, 2.45) is 0 Å². The minimum Gasteiger partial charge on any atom is -0.374 e. The highest BCUT2D eigenvalue weighted by atomic mass is 79.9. The van der Waals surface area contributed by atoms with Gasteiger partial charge in [0.1, 0.15) is 5.82 Å². The summed E-state index contributed by atoms with van der Waals surface area (Å²) in [5, 5.41) is 0. The minimum atomic E-state index is 0.343. The van der Waals surface area contributed by atoms with Gasteiger partial charge in [-0.25, -0.2) is 4.98 Å². The molecular formula is C10H15BrN2O. The zero-order chi connectivity index (χ0) is 9.97. The second-order valence-corrected chi connectivity index (χ2v) is 4.99. The van der Waals surface area contributed by atoms with Crippen LogP contribution < -0.4 is 0 Å². The number of hydrogen-bond acceptors (Lipinski definition) is 2. The quantitative estimate of drug-likeness (QED) is 0.845. The Balaban J connectivity index is 1.87. The van der Waals surface area contributed by atoms with Gasteiger partial charge in [0.15, 0.2) is 0 Å². The van der Waals surface area contributed by atoms with Crippen LogP contribution in [0.1, 0.15) is 25.6 Å². The van der Waals surface area contributed by atoms with Gasteiger partial charge in [0.05, 0.1) is 12.2 Å². The van der Waals surface area contributed by atoms with Crippen molar-refractivity contribution < 1.29 is 4.74 Å². The normalized spacial score (nSPS) is 29.3. The molecular weight excluding hydrogens is 244 g/mol. The summed E-state index contributed by atoms with van der Waals surface area (Å²) in [6.45, 7) is 2.13. The average Bonchev–Trinajstić information content (AvgIpc) is 2.75. The predicted octanol–water partition coefficient (Wildman–Crippen LogP) is 2.28. The third-order valence-electron chi connectivity index (χ3n) is 2.61. The van der Waals surface area contributed by atoms with Crippen LogP contribution in [0.25, 0.3) is 0 Å². The molecule has 2 heterocycles. The van der Waals surface area contributed by atoms with Crippen LogP contribution in [0.3, 0.4) is 0 Å². The zero-order valence-electron chi connectivity index (χ0n) is 8.24. The largest absolute Gasteiger partial charge is 0.374 e. The number of alkyl halides is 1. The molecule has 1 N–H and O–H groups in total. The molecule has 1 aromatic rings. The van der Waals surface area contributed by atoms with Crippen LogP contribution in [0.4, 0.5) is 0 Å². The van der Waals surface area contributed by atoms with Crippen LogP contribution >= 0.6 is 15.9 Å². The summed E-state index contributed by atoms with van der Waals surface area (Å²) in [4.78, 5) is 7.69. The first-order chi connectivity index (χ1) is 6.75. The van der Waals surface area contributed by atoms with Crippen molar-refractivity contribution >= 4 is 15.9 Å². The summed E-state index contributed by atoms with van der Waals surface area (Å²) >= 11 is 3.67. The van der Waals surface area contributed by atoms with Crippen molar-refractivity contribution in [3.63, 3.8) is 0 Å². The Morgan fingerprint density at radius 3 is 3.14 bits per heavy atom. The Morgan fingerprint density at radius 2 is 2.57 bits per heavy atom. The number of H-pyrrole nitrogens is 1. The molecule has 1 fully saturated rings. The molecule has 0 amide bonds. The maximum absolute atomic E-state index is 5.78. The van der Waals surface area contributed by atoms with Crippen molar-refractivity contribution in [3.05, 3.63) is 18.2 Å². The topological polar surface area (TPSA) is 37.9 Å². The molecule has 1 saturated heterocycles. The first-order valence-electron chi connectivity index (χ1n) is 5.03. The Hall–Kier alpha value is -0.350. The van der Waals surface area contributed by atoms with Gasteiger partial charge in [-0.15, -0.1) is 0 Å². The molecule has 0 radical (unpaired) electrons. The number of imidazole rings is 1. The Kier molecular flexibility index (Phi) is 3.23. The highest BCUT2D eigenvalue weighted by Crippen LogP contribution is 2.26. The van der Waals surface area contributed by atoms with E-state index in [0.717, 1.165) is 18.7 Å². The van der Waals surface area contributed by atoms with E-state index in [1.165, 1.54) is 6.42 Å². The van der Waals surface area contributed by atoms with E-state index >= 15 is 0 Å². The van der Waals surface area contributed by atoms with Crippen LogP contribution in [0.5, 0.6) is 0 Å². The lowest BCUT2D eigenvalue weighted by Gasteiger charge is -2.16. The molecule has 3 unspecified atom stereocenters. The maximum Gasteiger partial charge on any atom is 0.107 e. The highest BCUT2D eigenvalue weighted by molar-refractivity contribution is 9.09. The predicted molar refractivity (Wildman–Crippen MR) is 58.6 cm³/mol. The Bertz CT molecular complexity index is 276. The molecule has 14 heavy (non-hydrogen) atoms. The molecule has 1 aliphatic rings. The number of aromatic amines is 1. The molecule has 1 aromatic heterocycles. The van der Waals surface area contributed by atoms with Gasteiger partial charge in [-0.05, 0) is 19.8 Å². The number of nitrogens with one attached hydrogen (secondary N) is 1. The van der Waals surface area contributed by atoms with E-state index in [4.69, 9.17) is 4.74 Å². The van der Waals surface area contributed by atoms with Crippen LogP contribution in [0.15, 0.2) is 12.4 Å². The zero-order valence-corrected chi connectivity index (χ0v) is 9.83. The molecule has 2 rings (SSSR count). The lowest BCUT2D eigenvalue weighted by molar-refractivity contribution is 0.0556. The average molecular weight is 259 g/mol. The van der Waals surface area contributed by atoms with Crippen molar-refractivity contribution in [2.45, 2.75) is 43.2 Å². The van der Waals surface area contributed by atoms with Crippen molar-refractivity contribution in [3.8, 4) is 0 Å². The van der Waals surface area contributed by atoms with E-state index in [-0.39, 0.29) is 0 Å². The van der Waals surface area contributed by atoms with E-state index in [9.17, 15) is 0 Å². The second-order valence-electron chi connectivity index (χ2n) is 3.82. The van der Waals surface area contributed by atoms with Gasteiger partial charge < -0.3 is 9.72 Å². The molecule has 0 aliphatic carbocycles. The molecule has 3 nitrogen and oxygen atoms in total. The van der Waals surface area contributed by atoms with Crippen LogP contribution in [-0.2, 0) is 11.2 Å². The lowest BCUT2D eigenvalue weighted by atomic mass is 10.1. The van der Waals surface area contributed by atoms with Crippen LogP contribution in [-0.4, -0.2) is 27.0 Å². The number of aromatic nitrogens is 2. The lowest BCUT2D eigenvalue weighted by Crippen LogP contribution is -2.23. The van der Waals surface area contributed by atoms with Gasteiger partial charge in [0.2, 0.25) is 0 Å². The summed E-state index contributed by atoms with van der Waals surface area (Å²) in [5.41, 5.74) is 0. The van der Waals surface area contributed by atoms with Gasteiger partial charge in [-0.1, -0.05) is 15.9 Å². The number of halogens is 1. The van der Waals surface area contributed by atoms with Crippen LogP contribution in [0, 0.1) is 0 Å². The van der Waals surface area contributed by atoms with Gasteiger partial charge >= 0.3 is 0 Å². The summed E-state index contributed by atoms with van der Waals surface area (Å²) in [6.07, 6.45) is 7.62. The fourth-order valence-electron chi connectivity index (χ4n) is 1.83. The number of nitrogens with zero attached hydrogens (tertiary/aromatic N) is 1. The van der Waals surface area contributed by atoms with Gasteiger partial charge in [0, 0.05) is 23.6 Å².